The molecular formula is C14H17N3O. The van der Waals surface area contributed by atoms with Gasteiger partial charge in [0, 0.05) is 36.3 Å². The van der Waals surface area contributed by atoms with E-state index in [0.717, 1.165) is 12.4 Å². The SMILES string of the molecule is CNC(c1cnn(C)c1)C1COc2ccccc21. The molecule has 2 aromatic rings. The Labute approximate surface area is 107 Å². The smallest absolute Gasteiger partial charge is 0.122 e. The molecule has 3 rings (SSSR count). The third-order valence-electron chi connectivity index (χ3n) is 3.53. The highest BCUT2D eigenvalue weighted by Gasteiger charge is 2.31. The van der Waals surface area contributed by atoms with E-state index >= 15 is 0 Å². The minimum Gasteiger partial charge on any atom is -0.493 e. The van der Waals surface area contributed by atoms with Crippen molar-refractivity contribution in [3.05, 3.63) is 47.8 Å². The van der Waals surface area contributed by atoms with Crippen LogP contribution in [0.15, 0.2) is 36.7 Å². The van der Waals surface area contributed by atoms with E-state index in [4.69, 9.17) is 4.74 Å². The van der Waals surface area contributed by atoms with Crippen molar-refractivity contribution in [2.45, 2.75) is 12.0 Å². The van der Waals surface area contributed by atoms with Crippen molar-refractivity contribution in [3.8, 4) is 5.75 Å². The number of benzene rings is 1. The quantitative estimate of drug-likeness (QED) is 0.894. The number of aromatic nitrogens is 2. The van der Waals surface area contributed by atoms with E-state index in [9.17, 15) is 0 Å². The molecule has 0 aliphatic carbocycles. The summed E-state index contributed by atoms with van der Waals surface area (Å²) in [7, 11) is 3.92. The van der Waals surface area contributed by atoms with E-state index in [1.807, 2.05) is 37.1 Å². The highest BCUT2D eigenvalue weighted by molar-refractivity contribution is 5.41. The van der Waals surface area contributed by atoms with Gasteiger partial charge in [-0.25, -0.2) is 0 Å². The van der Waals surface area contributed by atoms with Crippen molar-refractivity contribution in [3.63, 3.8) is 0 Å². The van der Waals surface area contributed by atoms with Crippen molar-refractivity contribution in [1.82, 2.24) is 15.1 Å². The molecule has 1 aliphatic heterocycles. The third-order valence-corrected chi connectivity index (χ3v) is 3.53. The fourth-order valence-corrected chi connectivity index (χ4v) is 2.66. The lowest BCUT2D eigenvalue weighted by molar-refractivity contribution is 0.304. The molecule has 2 unspecified atom stereocenters. The highest BCUT2D eigenvalue weighted by atomic mass is 16.5. The second-order valence-corrected chi connectivity index (χ2v) is 4.67. The average molecular weight is 243 g/mol. The van der Waals surface area contributed by atoms with E-state index in [1.165, 1.54) is 11.1 Å². The molecule has 0 spiro atoms. The summed E-state index contributed by atoms with van der Waals surface area (Å²) >= 11 is 0. The molecule has 1 aromatic carbocycles. The van der Waals surface area contributed by atoms with Crippen LogP contribution in [-0.2, 0) is 7.05 Å². The first kappa shape index (κ1) is 11.3. The van der Waals surface area contributed by atoms with Crippen LogP contribution in [0, 0.1) is 0 Å². The van der Waals surface area contributed by atoms with Crippen LogP contribution in [0.5, 0.6) is 5.75 Å². The van der Waals surface area contributed by atoms with Gasteiger partial charge in [-0.05, 0) is 13.1 Å². The molecular weight excluding hydrogens is 226 g/mol. The van der Waals surface area contributed by atoms with Crippen molar-refractivity contribution < 1.29 is 4.74 Å². The zero-order valence-corrected chi connectivity index (χ0v) is 10.6. The maximum absolute atomic E-state index is 5.75. The summed E-state index contributed by atoms with van der Waals surface area (Å²) < 4.78 is 7.59. The fraction of sp³-hybridized carbons (Fsp3) is 0.357. The molecule has 1 aliphatic rings. The van der Waals surface area contributed by atoms with Crippen LogP contribution in [-0.4, -0.2) is 23.4 Å². The normalized spacial score (nSPS) is 19.3. The summed E-state index contributed by atoms with van der Waals surface area (Å²) in [5.41, 5.74) is 2.48. The van der Waals surface area contributed by atoms with Gasteiger partial charge in [0.1, 0.15) is 5.75 Å². The Morgan fingerprint density at radius 3 is 3.00 bits per heavy atom. The largest absolute Gasteiger partial charge is 0.493 e. The number of para-hydroxylation sites is 1. The first-order valence-electron chi connectivity index (χ1n) is 6.17. The zero-order valence-electron chi connectivity index (χ0n) is 10.6. The first-order valence-corrected chi connectivity index (χ1v) is 6.17. The summed E-state index contributed by atoms with van der Waals surface area (Å²) in [6.45, 7) is 0.722. The second-order valence-electron chi connectivity index (χ2n) is 4.67. The number of aryl methyl sites for hydroxylation is 1. The Kier molecular flexibility index (Phi) is 2.80. The molecule has 2 atom stereocenters. The van der Waals surface area contributed by atoms with E-state index in [1.54, 1.807) is 0 Å². The highest BCUT2D eigenvalue weighted by Crippen LogP contribution is 2.40. The number of hydrogen-bond donors (Lipinski definition) is 1. The molecule has 18 heavy (non-hydrogen) atoms. The Morgan fingerprint density at radius 1 is 1.44 bits per heavy atom. The maximum atomic E-state index is 5.75. The van der Waals surface area contributed by atoms with Crippen LogP contribution in [0.25, 0.3) is 0 Å². The van der Waals surface area contributed by atoms with Gasteiger partial charge < -0.3 is 10.1 Å². The topological polar surface area (TPSA) is 39.1 Å². The van der Waals surface area contributed by atoms with E-state index in [-0.39, 0.29) is 6.04 Å². The number of fused-ring (bicyclic) bond motifs is 1. The van der Waals surface area contributed by atoms with Gasteiger partial charge in [-0.3, -0.25) is 4.68 Å². The van der Waals surface area contributed by atoms with Gasteiger partial charge in [-0.15, -0.1) is 0 Å². The van der Waals surface area contributed by atoms with Crippen molar-refractivity contribution in [2.24, 2.45) is 7.05 Å². The van der Waals surface area contributed by atoms with Crippen LogP contribution >= 0.6 is 0 Å². The lowest BCUT2D eigenvalue weighted by atomic mass is 9.90. The number of ether oxygens (including phenoxy) is 1. The van der Waals surface area contributed by atoms with Gasteiger partial charge in [0.2, 0.25) is 0 Å². The molecule has 1 N–H and O–H groups in total. The summed E-state index contributed by atoms with van der Waals surface area (Å²) in [4.78, 5) is 0. The Bertz CT molecular complexity index is 549. The predicted molar refractivity (Wildman–Crippen MR) is 69.7 cm³/mol. The van der Waals surface area contributed by atoms with Crippen molar-refractivity contribution in [1.29, 1.82) is 0 Å². The Hall–Kier alpha value is -1.81. The van der Waals surface area contributed by atoms with Gasteiger partial charge in [0.15, 0.2) is 0 Å². The van der Waals surface area contributed by atoms with Gasteiger partial charge in [0.25, 0.3) is 0 Å². The minimum atomic E-state index is 0.238. The molecule has 0 saturated carbocycles. The van der Waals surface area contributed by atoms with Crippen LogP contribution < -0.4 is 10.1 Å². The van der Waals surface area contributed by atoms with Crippen molar-refractivity contribution >= 4 is 0 Å². The minimum absolute atomic E-state index is 0.238. The van der Waals surface area contributed by atoms with Gasteiger partial charge in [0.05, 0.1) is 12.8 Å². The van der Waals surface area contributed by atoms with E-state index in [0.29, 0.717) is 5.92 Å². The number of likely N-dealkylation sites (N-methyl/N-ethyl adjacent to an activating group) is 1. The molecule has 0 saturated heterocycles. The number of hydrogen-bond acceptors (Lipinski definition) is 3. The predicted octanol–water partition coefficient (Wildman–Crippen LogP) is 1.86. The van der Waals surface area contributed by atoms with Crippen LogP contribution in [0.2, 0.25) is 0 Å². The Balaban J connectivity index is 1.95. The maximum Gasteiger partial charge on any atom is 0.122 e. The third kappa shape index (κ3) is 1.78. The lowest BCUT2D eigenvalue weighted by Crippen LogP contribution is -2.24. The summed E-state index contributed by atoms with van der Waals surface area (Å²) in [6, 6.07) is 8.50. The number of nitrogens with zero attached hydrogens (tertiary/aromatic N) is 2. The number of rotatable bonds is 3. The molecule has 94 valence electrons. The Morgan fingerprint density at radius 2 is 2.28 bits per heavy atom. The summed E-state index contributed by atoms with van der Waals surface area (Å²) in [5, 5.41) is 7.63. The molecule has 4 heteroatoms. The fourth-order valence-electron chi connectivity index (χ4n) is 2.66. The van der Waals surface area contributed by atoms with Crippen LogP contribution in [0.3, 0.4) is 0 Å². The second kappa shape index (κ2) is 4.46. The zero-order chi connectivity index (χ0) is 12.5. The van der Waals surface area contributed by atoms with E-state index in [2.05, 4.69) is 28.7 Å². The van der Waals surface area contributed by atoms with Gasteiger partial charge >= 0.3 is 0 Å². The molecule has 0 fully saturated rings. The monoisotopic (exact) mass is 243 g/mol. The molecule has 2 heterocycles. The van der Waals surface area contributed by atoms with Crippen molar-refractivity contribution in [2.75, 3.05) is 13.7 Å². The molecule has 0 bridgehead atoms. The molecule has 0 amide bonds. The average Bonchev–Trinajstić information content (AvgIpc) is 2.98. The van der Waals surface area contributed by atoms with Gasteiger partial charge in [-0.1, -0.05) is 18.2 Å². The standard InChI is InChI=1S/C14H17N3O/c1-15-14(10-7-16-17(2)8-10)12-9-18-13-6-4-3-5-11(12)13/h3-8,12,14-15H,9H2,1-2H3. The summed E-state index contributed by atoms with van der Waals surface area (Å²) in [6.07, 6.45) is 3.98. The van der Waals surface area contributed by atoms with Crippen LogP contribution in [0.1, 0.15) is 23.1 Å². The lowest BCUT2D eigenvalue weighted by Gasteiger charge is -2.21. The number of nitrogens with one attached hydrogen (secondary N) is 1. The molecule has 4 nitrogen and oxygen atoms in total. The summed E-state index contributed by atoms with van der Waals surface area (Å²) in [5.74, 6) is 1.35. The van der Waals surface area contributed by atoms with E-state index < -0.39 is 0 Å². The van der Waals surface area contributed by atoms with Gasteiger partial charge in [-0.2, -0.15) is 5.10 Å². The van der Waals surface area contributed by atoms with Crippen LogP contribution in [0.4, 0.5) is 0 Å². The molecule has 0 radical (unpaired) electrons. The molecule has 1 aromatic heterocycles. The first-order chi connectivity index (χ1) is 8.79.